The second-order valence-electron chi connectivity index (χ2n) is 6.59. The molecular weight excluding hydrogens is 318 g/mol. The quantitative estimate of drug-likeness (QED) is 0.713. The lowest BCUT2D eigenvalue weighted by Crippen LogP contribution is -2.34. The number of carbonyl (C=O) groups is 2. The Morgan fingerprint density at radius 1 is 1.04 bits per heavy atom. The molecule has 1 aromatic rings. The van der Waals surface area contributed by atoms with Crippen molar-refractivity contribution in [3.63, 3.8) is 0 Å². The van der Waals surface area contributed by atoms with Gasteiger partial charge < -0.3 is 14.5 Å². The zero-order valence-electron chi connectivity index (χ0n) is 14.9. The van der Waals surface area contributed by atoms with Gasteiger partial charge in [0.25, 0.3) is 0 Å². The van der Waals surface area contributed by atoms with Crippen LogP contribution in [0.4, 0.5) is 10.5 Å². The fraction of sp³-hybridized carbons (Fsp3) is 0.579. The van der Waals surface area contributed by atoms with Crippen molar-refractivity contribution in [2.75, 3.05) is 50.8 Å². The number of ether oxygens (including phenoxy) is 1. The molecule has 25 heavy (non-hydrogen) atoms. The standard InChI is InChI=1S/C19H27N3O3/c1-2-25-18(23)16-6-8-17(9-7-16)22-15-14-21(19(22)24)13-5-12-20-10-3-4-11-20/h6-9H,2-5,10-15H2,1H3. The number of carbonyl (C=O) groups excluding carboxylic acids is 2. The molecule has 3 rings (SSSR count). The average Bonchev–Trinajstić information content (AvgIpc) is 3.26. The molecule has 0 N–H and O–H groups in total. The molecule has 0 aliphatic carbocycles. The monoisotopic (exact) mass is 345 g/mol. The third-order valence-electron chi connectivity index (χ3n) is 4.89. The van der Waals surface area contributed by atoms with Crippen LogP contribution < -0.4 is 4.90 Å². The van der Waals surface area contributed by atoms with Crippen LogP contribution in [0.25, 0.3) is 0 Å². The Morgan fingerprint density at radius 2 is 1.76 bits per heavy atom. The van der Waals surface area contributed by atoms with E-state index >= 15 is 0 Å². The predicted octanol–water partition coefficient (Wildman–Crippen LogP) is 2.59. The van der Waals surface area contributed by atoms with E-state index in [9.17, 15) is 9.59 Å². The molecule has 2 fully saturated rings. The van der Waals surface area contributed by atoms with Gasteiger partial charge in [0, 0.05) is 25.3 Å². The maximum absolute atomic E-state index is 12.6. The first-order chi connectivity index (χ1) is 12.2. The minimum atomic E-state index is -0.328. The normalized spacial score (nSPS) is 18.2. The van der Waals surface area contributed by atoms with Crippen LogP contribution in [-0.4, -0.2) is 67.7 Å². The van der Waals surface area contributed by atoms with Gasteiger partial charge in [-0.15, -0.1) is 0 Å². The Balaban J connectivity index is 1.51. The van der Waals surface area contributed by atoms with Crippen LogP contribution >= 0.6 is 0 Å². The van der Waals surface area contributed by atoms with Crippen molar-refractivity contribution in [2.45, 2.75) is 26.2 Å². The van der Waals surface area contributed by atoms with Crippen LogP contribution in [0.3, 0.4) is 0 Å². The van der Waals surface area contributed by atoms with E-state index in [4.69, 9.17) is 4.74 Å². The highest BCUT2D eigenvalue weighted by molar-refractivity contribution is 5.95. The van der Waals surface area contributed by atoms with Gasteiger partial charge in [-0.2, -0.15) is 0 Å². The summed E-state index contributed by atoms with van der Waals surface area (Å²) in [7, 11) is 0. The number of hydrogen-bond donors (Lipinski definition) is 0. The van der Waals surface area contributed by atoms with E-state index in [2.05, 4.69) is 4.90 Å². The van der Waals surface area contributed by atoms with Gasteiger partial charge in [0.15, 0.2) is 0 Å². The number of anilines is 1. The molecule has 0 radical (unpaired) electrons. The predicted molar refractivity (Wildman–Crippen MR) is 97.0 cm³/mol. The maximum atomic E-state index is 12.6. The van der Waals surface area contributed by atoms with E-state index in [1.165, 1.54) is 25.9 Å². The van der Waals surface area contributed by atoms with E-state index in [1.807, 2.05) is 17.0 Å². The van der Waals surface area contributed by atoms with Crippen LogP contribution in [0.2, 0.25) is 0 Å². The summed E-state index contributed by atoms with van der Waals surface area (Å²) >= 11 is 0. The van der Waals surface area contributed by atoms with Crippen molar-refractivity contribution in [1.82, 2.24) is 9.80 Å². The molecule has 0 saturated carbocycles. The molecule has 6 nitrogen and oxygen atoms in total. The van der Waals surface area contributed by atoms with Gasteiger partial charge in [-0.1, -0.05) is 0 Å². The molecule has 2 aliphatic rings. The SMILES string of the molecule is CCOC(=O)c1ccc(N2CCN(CCCN3CCCC3)C2=O)cc1. The van der Waals surface area contributed by atoms with Gasteiger partial charge in [0.05, 0.1) is 12.2 Å². The van der Waals surface area contributed by atoms with Crippen molar-refractivity contribution in [3.05, 3.63) is 29.8 Å². The third-order valence-corrected chi connectivity index (χ3v) is 4.89. The minimum absolute atomic E-state index is 0.0605. The van der Waals surface area contributed by atoms with Crippen LogP contribution in [-0.2, 0) is 4.74 Å². The number of esters is 1. The van der Waals surface area contributed by atoms with Crippen molar-refractivity contribution >= 4 is 17.7 Å². The molecular formula is C19H27N3O3. The zero-order chi connectivity index (χ0) is 17.6. The van der Waals surface area contributed by atoms with Crippen molar-refractivity contribution in [3.8, 4) is 0 Å². The molecule has 0 aromatic heterocycles. The molecule has 0 bridgehead atoms. The largest absolute Gasteiger partial charge is 0.462 e. The lowest BCUT2D eigenvalue weighted by atomic mass is 10.2. The smallest absolute Gasteiger partial charge is 0.338 e. The van der Waals surface area contributed by atoms with Gasteiger partial charge in [0.2, 0.25) is 0 Å². The summed E-state index contributed by atoms with van der Waals surface area (Å²) < 4.78 is 4.99. The molecule has 0 unspecified atom stereocenters. The van der Waals surface area contributed by atoms with E-state index in [0.29, 0.717) is 18.7 Å². The maximum Gasteiger partial charge on any atom is 0.338 e. The summed E-state index contributed by atoms with van der Waals surface area (Å²) in [6.45, 7) is 7.90. The summed E-state index contributed by atoms with van der Waals surface area (Å²) in [5.41, 5.74) is 1.35. The lowest BCUT2D eigenvalue weighted by Gasteiger charge is -2.20. The van der Waals surface area contributed by atoms with E-state index in [0.717, 1.165) is 31.7 Å². The summed E-state index contributed by atoms with van der Waals surface area (Å²) in [6.07, 6.45) is 3.64. The number of nitrogens with zero attached hydrogens (tertiary/aromatic N) is 3. The van der Waals surface area contributed by atoms with Gasteiger partial charge in [-0.3, -0.25) is 4.90 Å². The minimum Gasteiger partial charge on any atom is -0.462 e. The van der Waals surface area contributed by atoms with Crippen LogP contribution in [0.15, 0.2) is 24.3 Å². The van der Waals surface area contributed by atoms with Crippen LogP contribution in [0.5, 0.6) is 0 Å². The number of amides is 2. The number of urea groups is 1. The highest BCUT2D eigenvalue weighted by Gasteiger charge is 2.29. The lowest BCUT2D eigenvalue weighted by molar-refractivity contribution is 0.0526. The first kappa shape index (κ1) is 17.7. The van der Waals surface area contributed by atoms with E-state index in [-0.39, 0.29) is 12.0 Å². The summed E-state index contributed by atoms with van der Waals surface area (Å²) in [6, 6.07) is 7.13. The van der Waals surface area contributed by atoms with Crippen molar-refractivity contribution < 1.29 is 14.3 Å². The number of rotatable bonds is 7. The van der Waals surface area contributed by atoms with Crippen molar-refractivity contribution in [2.24, 2.45) is 0 Å². The Bertz CT molecular complexity index is 596. The Labute approximate surface area is 149 Å². The molecule has 6 heteroatoms. The summed E-state index contributed by atoms with van der Waals surface area (Å²) in [5.74, 6) is -0.328. The molecule has 2 aliphatic heterocycles. The topological polar surface area (TPSA) is 53.1 Å². The second-order valence-corrected chi connectivity index (χ2v) is 6.59. The Hall–Kier alpha value is -2.08. The van der Waals surface area contributed by atoms with Gasteiger partial charge in [0.1, 0.15) is 0 Å². The number of hydrogen-bond acceptors (Lipinski definition) is 4. The zero-order valence-corrected chi connectivity index (χ0v) is 14.9. The summed E-state index contributed by atoms with van der Waals surface area (Å²) in [5, 5.41) is 0. The first-order valence-corrected chi connectivity index (χ1v) is 9.25. The molecule has 2 heterocycles. The highest BCUT2D eigenvalue weighted by Crippen LogP contribution is 2.21. The highest BCUT2D eigenvalue weighted by atomic mass is 16.5. The summed E-state index contributed by atoms with van der Waals surface area (Å²) in [4.78, 5) is 30.5. The molecule has 136 valence electrons. The van der Waals surface area contributed by atoms with Gasteiger partial charge >= 0.3 is 12.0 Å². The van der Waals surface area contributed by atoms with Crippen LogP contribution in [0, 0.1) is 0 Å². The van der Waals surface area contributed by atoms with Gasteiger partial charge in [-0.25, -0.2) is 9.59 Å². The average molecular weight is 345 g/mol. The molecule has 1 aromatic carbocycles. The Morgan fingerprint density at radius 3 is 2.44 bits per heavy atom. The number of likely N-dealkylation sites (tertiary alicyclic amines) is 1. The van der Waals surface area contributed by atoms with Gasteiger partial charge in [-0.05, 0) is 70.1 Å². The Kier molecular flexibility index (Phi) is 5.91. The fourth-order valence-corrected chi connectivity index (χ4v) is 3.51. The molecule has 2 saturated heterocycles. The van der Waals surface area contributed by atoms with E-state index < -0.39 is 0 Å². The second kappa shape index (κ2) is 8.34. The van der Waals surface area contributed by atoms with E-state index in [1.54, 1.807) is 24.0 Å². The van der Waals surface area contributed by atoms with Crippen LogP contribution in [0.1, 0.15) is 36.5 Å². The fourth-order valence-electron chi connectivity index (χ4n) is 3.51. The molecule has 2 amide bonds. The molecule has 0 atom stereocenters. The third kappa shape index (κ3) is 4.31. The van der Waals surface area contributed by atoms with Crippen molar-refractivity contribution in [1.29, 1.82) is 0 Å². The first-order valence-electron chi connectivity index (χ1n) is 9.25. The molecule has 0 spiro atoms. The number of benzene rings is 1.